The second kappa shape index (κ2) is 10.7. The molecule has 6 rings (SSSR count). The fourth-order valence-corrected chi connectivity index (χ4v) is 5.82. The fourth-order valence-electron chi connectivity index (χ4n) is 5.12. The Bertz CT molecular complexity index is 1880. The van der Waals surface area contributed by atoms with Crippen molar-refractivity contribution in [3.63, 3.8) is 0 Å². The van der Waals surface area contributed by atoms with E-state index in [1.165, 1.54) is 7.05 Å². The van der Waals surface area contributed by atoms with Crippen molar-refractivity contribution in [2.24, 2.45) is 7.05 Å². The Kier molecular flexibility index (Phi) is 7.26. The van der Waals surface area contributed by atoms with Gasteiger partial charge in [0.05, 0.1) is 25.3 Å². The Balaban J connectivity index is 1.27. The number of ether oxygens (including phenoxy) is 2. The van der Waals surface area contributed by atoms with E-state index >= 15 is 0 Å². The van der Waals surface area contributed by atoms with E-state index in [-0.39, 0.29) is 39.4 Å². The van der Waals surface area contributed by atoms with Gasteiger partial charge in [0.25, 0.3) is 11.1 Å². The van der Waals surface area contributed by atoms with Gasteiger partial charge in [0, 0.05) is 7.05 Å². The van der Waals surface area contributed by atoms with E-state index in [9.17, 15) is 39.9 Å². The van der Waals surface area contributed by atoms with Crippen LogP contribution < -0.4 is 28.3 Å². The number of aliphatic hydroxyl groups excluding tert-OH is 5. The predicted octanol–water partition coefficient (Wildman–Crippen LogP) is -5.02. The van der Waals surface area contributed by atoms with E-state index < -0.39 is 79.1 Å². The minimum atomic E-state index is -1.65. The van der Waals surface area contributed by atoms with Gasteiger partial charge in [0.1, 0.15) is 36.6 Å². The highest BCUT2D eigenvalue weighted by atomic mass is 32.2. The summed E-state index contributed by atoms with van der Waals surface area (Å²) in [4.78, 5) is 54.6. The van der Waals surface area contributed by atoms with Crippen molar-refractivity contribution in [1.29, 1.82) is 0 Å². The van der Waals surface area contributed by atoms with Crippen LogP contribution in [0.3, 0.4) is 0 Å². The molecule has 4 aromatic heterocycles. The highest BCUT2D eigenvalue weighted by Crippen LogP contribution is 2.36. The molecule has 0 aromatic carbocycles. The van der Waals surface area contributed by atoms with Gasteiger partial charge in [-0.1, -0.05) is 0 Å². The molecule has 0 spiro atoms. The maximum atomic E-state index is 13.0. The number of hydrogen-bond acceptors (Lipinski definition) is 17. The first-order valence-corrected chi connectivity index (χ1v) is 13.3. The van der Waals surface area contributed by atoms with Gasteiger partial charge in [0.2, 0.25) is 11.9 Å². The van der Waals surface area contributed by atoms with Gasteiger partial charge in [-0.2, -0.15) is 9.97 Å². The van der Waals surface area contributed by atoms with Crippen LogP contribution in [0.2, 0.25) is 0 Å². The number of aryl methyl sites for hydroxylation is 1. The molecule has 0 unspecified atom stereocenters. The molecule has 0 aliphatic carbocycles. The Hall–Kier alpha value is -3.87. The van der Waals surface area contributed by atoms with E-state index in [1.807, 2.05) is 0 Å². The summed E-state index contributed by atoms with van der Waals surface area (Å²) in [5.74, 6) is -0.555. The number of aliphatic hydroxyl groups is 5. The third-order valence-electron chi connectivity index (χ3n) is 7.22. The number of hydrogen-bond donors (Lipinski definition) is 9. The second-order valence-corrected chi connectivity index (χ2v) is 10.6. The van der Waals surface area contributed by atoms with Crippen molar-refractivity contribution in [3.8, 4) is 0 Å². The lowest BCUT2D eigenvalue weighted by atomic mass is 10.1. The number of rotatable bonds is 7. The zero-order chi connectivity index (χ0) is 30.9. The molecule has 232 valence electrons. The van der Waals surface area contributed by atoms with E-state index in [1.54, 1.807) is 0 Å². The van der Waals surface area contributed by atoms with Crippen LogP contribution >= 0.6 is 12.0 Å². The number of anilines is 2. The van der Waals surface area contributed by atoms with Gasteiger partial charge in [-0.3, -0.25) is 28.7 Å². The third-order valence-corrected chi connectivity index (χ3v) is 7.91. The average Bonchev–Trinajstić information content (AvgIpc) is 3.61. The largest absolute Gasteiger partial charge is 0.394 e. The Labute approximate surface area is 241 Å². The summed E-state index contributed by atoms with van der Waals surface area (Å²) < 4.78 is 20.0. The van der Waals surface area contributed by atoms with E-state index in [4.69, 9.17) is 25.1 Å². The van der Waals surface area contributed by atoms with Gasteiger partial charge >= 0.3 is 5.69 Å². The van der Waals surface area contributed by atoms with E-state index in [0.717, 1.165) is 13.7 Å². The normalized spacial score (nSPS) is 29.3. The molecule has 2 fully saturated rings. The zero-order valence-corrected chi connectivity index (χ0v) is 22.8. The standard InChI is InChI=1S/C21H26N10O11S/c1-29-7-13(26-19(23)28-15(7)38)31(21(29)39)17-11(36)9(34)5(42-17)3-40-43-20-24-6-12(25-18(22)27-14(6)37)30(20)16-10(35)8(33)4(2-32)41-16/h4-5,8-11,16-17,32-36H,2-3H2,1H3,(H3,22,25,27,37)(H3,23,26,28,38)/t4-,5-,8-,9-,10-,11-,16-,17-/m1/s1. The summed E-state index contributed by atoms with van der Waals surface area (Å²) in [5.41, 5.74) is 8.51. The van der Waals surface area contributed by atoms with E-state index in [2.05, 4.69) is 24.9 Å². The third kappa shape index (κ3) is 4.59. The zero-order valence-electron chi connectivity index (χ0n) is 22.0. The maximum absolute atomic E-state index is 13.0. The summed E-state index contributed by atoms with van der Waals surface area (Å²) in [6.07, 6.45) is -11.5. The number of H-pyrrole nitrogens is 2. The summed E-state index contributed by atoms with van der Waals surface area (Å²) in [6.45, 7) is -1.03. The summed E-state index contributed by atoms with van der Waals surface area (Å²) in [5, 5.41) is 51.7. The maximum Gasteiger partial charge on any atom is 0.332 e. The van der Waals surface area contributed by atoms with Crippen molar-refractivity contribution in [3.05, 3.63) is 31.2 Å². The molecule has 0 bridgehead atoms. The van der Waals surface area contributed by atoms with Crippen molar-refractivity contribution in [1.82, 2.24) is 38.6 Å². The molecule has 0 saturated carbocycles. The highest BCUT2D eigenvalue weighted by molar-refractivity contribution is 7.94. The van der Waals surface area contributed by atoms with Gasteiger partial charge in [-0.05, 0) is 0 Å². The number of aromatic amines is 2. The molecular weight excluding hydrogens is 600 g/mol. The van der Waals surface area contributed by atoms with Crippen LogP contribution in [0, 0.1) is 0 Å². The van der Waals surface area contributed by atoms with Crippen molar-refractivity contribution >= 4 is 46.3 Å². The molecular formula is C21H26N10O11S. The number of fused-ring (bicyclic) bond motifs is 2. The molecule has 2 aliphatic rings. The van der Waals surface area contributed by atoms with Crippen molar-refractivity contribution < 1.29 is 39.2 Å². The molecule has 0 amide bonds. The van der Waals surface area contributed by atoms with Crippen LogP contribution in [0.25, 0.3) is 22.3 Å². The lowest BCUT2D eigenvalue weighted by Crippen LogP contribution is -2.35. The molecule has 21 nitrogen and oxygen atoms in total. The minimum absolute atomic E-state index is 0.0952. The minimum Gasteiger partial charge on any atom is -0.394 e. The highest BCUT2D eigenvalue weighted by Gasteiger charge is 2.47. The van der Waals surface area contributed by atoms with Crippen LogP contribution in [-0.4, -0.2) is 114 Å². The van der Waals surface area contributed by atoms with Crippen molar-refractivity contribution in [2.45, 2.75) is 54.2 Å². The van der Waals surface area contributed by atoms with Gasteiger partial charge in [-0.25, -0.2) is 14.3 Å². The molecule has 11 N–H and O–H groups in total. The Morgan fingerprint density at radius 1 is 0.860 bits per heavy atom. The van der Waals surface area contributed by atoms with Gasteiger partial charge < -0.3 is 50.7 Å². The molecule has 8 atom stereocenters. The molecule has 2 aliphatic heterocycles. The number of nitrogens with two attached hydrogens (primary N) is 2. The molecule has 0 radical (unpaired) electrons. The Morgan fingerprint density at radius 2 is 1.44 bits per heavy atom. The first-order chi connectivity index (χ1) is 20.4. The average molecular weight is 627 g/mol. The second-order valence-electron chi connectivity index (χ2n) is 9.87. The smallest absolute Gasteiger partial charge is 0.332 e. The fraction of sp³-hybridized carbons (Fsp3) is 0.524. The number of imidazole rings is 2. The predicted molar refractivity (Wildman–Crippen MR) is 143 cm³/mol. The summed E-state index contributed by atoms with van der Waals surface area (Å²) in [7, 11) is 1.32. The van der Waals surface area contributed by atoms with E-state index in [0.29, 0.717) is 12.0 Å². The lowest BCUT2D eigenvalue weighted by Gasteiger charge is -2.19. The first kappa shape index (κ1) is 29.2. The molecule has 43 heavy (non-hydrogen) atoms. The van der Waals surface area contributed by atoms with Crippen LogP contribution in [0.15, 0.2) is 19.5 Å². The molecule has 22 heteroatoms. The molecule has 4 aromatic rings. The SMILES string of the molecule is Cn1c(=O)n([C@@H]2O[C@H](COSc3nc4c(=O)[nH]c(N)nc4n3[C@@H]3O[C@H](CO)[C@@H](O)[C@H]3O)[C@@H](O)[C@H]2O)c2nc(N)[nH]c(=O)c21. The topological polar surface area (TPSA) is 317 Å². The van der Waals surface area contributed by atoms with Crippen LogP contribution in [0.4, 0.5) is 11.9 Å². The lowest BCUT2D eigenvalue weighted by molar-refractivity contribution is -0.0554. The molecule has 2 saturated heterocycles. The quantitative estimate of drug-likeness (QED) is 0.0867. The van der Waals surface area contributed by atoms with Crippen LogP contribution in [0.5, 0.6) is 0 Å². The monoisotopic (exact) mass is 626 g/mol. The van der Waals surface area contributed by atoms with Gasteiger partial charge in [0.15, 0.2) is 39.9 Å². The van der Waals surface area contributed by atoms with Gasteiger partial charge in [-0.15, -0.1) is 0 Å². The molecule has 6 heterocycles. The van der Waals surface area contributed by atoms with Crippen LogP contribution in [-0.2, 0) is 20.7 Å². The van der Waals surface area contributed by atoms with Crippen molar-refractivity contribution in [2.75, 3.05) is 24.7 Å². The number of nitrogen functional groups attached to an aromatic ring is 2. The number of nitrogens with one attached hydrogen (secondary N) is 2. The first-order valence-electron chi connectivity index (χ1n) is 12.6. The Morgan fingerprint density at radius 3 is 2.09 bits per heavy atom. The summed E-state index contributed by atoms with van der Waals surface area (Å²) in [6, 6.07) is 0. The number of nitrogens with zero attached hydrogens (tertiary/aromatic N) is 6. The van der Waals surface area contributed by atoms with Crippen LogP contribution in [0.1, 0.15) is 12.5 Å². The number of aromatic nitrogens is 8. The summed E-state index contributed by atoms with van der Waals surface area (Å²) >= 11 is 0.550.